The highest BCUT2D eigenvalue weighted by molar-refractivity contribution is 5.96. The van der Waals surface area contributed by atoms with Crippen LogP contribution in [-0.4, -0.2) is 39.9 Å². The zero-order valence-electron chi connectivity index (χ0n) is 13.4. The third-order valence-corrected chi connectivity index (χ3v) is 4.30. The second kappa shape index (κ2) is 6.98. The van der Waals surface area contributed by atoms with Crippen molar-refractivity contribution in [3.63, 3.8) is 0 Å². The number of nitrogens with two attached hydrogens (primary N) is 1. The minimum absolute atomic E-state index is 0.0615. The molecule has 0 spiro atoms. The van der Waals surface area contributed by atoms with Crippen LogP contribution < -0.4 is 20.5 Å². The van der Waals surface area contributed by atoms with Crippen LogP contribution in [0.4, 0.5) is 5.69 Å². The maximum atomic E-state index is 12.7. The molecule has 1 saturated heterocycles. The van der Waals surface area contributed by atoms with Crippen molar-refractivity contribution in [2.75, 3.05) is 39.3 Å². The van der Waals surface area contributed by atoms with Crippen molar-refractivity contribution in [1.82, 2.24) is 0 Å². The molecule has 122 valence electrons. The van der Waals surface area contributed by atoms with E-state index in [4.69, 9.17) is 19.9 Å². The van der Waals surface area contributed by atoms with Gasteiger partial charge in [0, 0.05) is 31.5 Å². The molecule has 1 heterocycles. The van der Waals surface area contributed by atoms with Crippen LogP contribution in [0.3, 0.4) is 0 Å². The van der Waals surface area contributed by atoms with Crippen LogP contribution in [0, 0.1) is 12.3 Å². The fraction of sp³-hybridized carbons (Fsp3) is 0.562. The zero-order valence-corrected chi connectivity index (χ0v) is 13.4. The van der Waals surface area contributed by atoms with Crippen LogP contribution in [0.2, 0.25) is 0 Å². The molecule has 1 fully saturated rings. The number of rotatable bonds is 5. The molecule has 0 aliphatic carbocycles. The van der Waals surface area contributed by atoms with Crippen molar-refractivity contribution in [1.29, 1.82) is 0 Å². The molecule has 3 N–H and O–H groups in total. The van der Waals surface area contributed by atoms with Crippen molar-refractivity contribution < 1.29 is 19.0 Å². The SMILES string of the molecule is COc1cc(C)c(NC(=O)C2(CN)CCOCC2)cc1OC. The van der Waals surface area contributed by atoms with E-state index in [1.165, 1.54) is 0 Å². The van der Waals surface area contributed by atoms with E-state index in [1.807, 2.05) is 13.0 Å². The molecule has 0 atom stereocenters. The molecule has 1 aliphatic rings. The van der Waals surface area contributed by atoms with Gasteiger partial charge in [-0.2, -0.15) is 0 Å². The van der Waals surface area contributed by atoms with E-state index in [0.29, 0.717) is 49.8 Å². The molecule has 6 nitrogen and oxygen atoms in total. The van der Waals surface area contributed by atoms with Gasteiger partial charge >= 0.3 is 0 Å². The maximum Gasteiger partial charge on any atom is 0.232 e. The number of carbonyl (C=O) groups is 1. The number of benzene rings is 1. The number of hydrogen-bond donors (Lipinski definition) is 2. The van der Waals surface area contributed by atoms with E-state index < -0.39 is 5.41 Å². The van der Waals surface area contributed by atoms with E-state index in [1.54, 1.807) is 20.3 Å². The van der Waals surface area contributed by atoms with Crippen LogP contribution in [0.15, 0.2) is 12.1 Å². The Kier molecular flexibility index (Phi) is 5.26. The van der Waals surface area contributed by atoms with Crippen molar-refractivity contribution in [3.05, 3.63) is 17.7 Å². The number of carbonyl (C=O) groups excluding carboxylic acids is 1. The second-order valence-corrected chi connectivity index (χ2v) is 5.57. The van der Waals surface area contributed by atoms with E-state index >= 15 is 0 Å². The first kappa shape index (κ1) is 16.6. The summed E-state index contributed by atoms with van der Waals surface area (Å²) in [6, 6.07) is 3.61. The predicted molar refractivity (Wildman–Crippen MR) is 84.5 cm³/mol. The molecule has 0 bridgehead atoms. The Morgan fingerprint density at radius 2 is 1.86 bits per heavy atom. The fourth-order valence-corrected chi connectivity index (χ4v) is 2.66. The van der Waals surface area contributed by atoms with Gasteiger partial charge in [0.05, 0.1) is 19.6 Å². The maximum absolute atomic E-state index is 12.7. The molecule has 0 saturated carbocycles. The average Bonchev–Trinajstić information content (AvgIpc) is 2.56. The molecule has 1 aromatic rings. The van der Waals surface area contributed by atoms with Gasteiger partial charge < -0.3 is 25.3 Å². The van der Waals surface area contributed by atoms with E-state index in [9.17, 15) is 4.79 Å². The molecular formula is C16H24N2O4. The predicted octanol–water partition coefficient (Wildman–Crippen LogP) is 1.71. The molecule has 1 aliphatic heterocycles. The molecule has 0 aromatic heterocycles. The standard InChI is InChI=1S/C16H24N2O4/c1-11-8-13(20-2)14(21-3)9-12(11)18-15(19)16(10-17)4-6-22-7-5-16/h8-9H,4-7,10,17H2,1-3H3,(H,18,19). The third-order valence-electron chi connectivity index (χ3n) is 4.30. The minimum atomic E-state index is -0.558. The van der Waals surface area contributed by atoms with Crippen LogP contribution >= 0.6 is 0 Å². The number of aryl methyl sites for hydroxylation is 1. The number of methoxy groups -OCH3 is 2. The summed E-state index contributed by atoms with van der Waals surface area (Å²) in [5.41, 5.74) is 6.93. The van der Waals surface area contributed by atoms with Crippen molar-refractivity contribution in [2.24, 2.45) is 11.1 Å². The van der Waals surface area contributed by atoms with E-state index in [-0.39, 0.29) is 5.91 Å². The normalized spacial score (nSPS) is 16.9. The number of ether oxygens (including phenoxy) is 3. The Labute approximate surface area is 130 Å². The number of hydrogen-bond acceptors (Lipinski definition) is 5. The van der Waals surface area contributed by atoms with Gasteiger partial charge in [-0.3, -0.25) is 4.79 Å². The highest BCUT2D eigenvalue weighted by Gasteiger charge is 2.39. The molecule has 22 heavy (non-hydrogen) atoms. The van der Waals surface area contributed by atoms with Crippen molar-refractivity contribution >= 4 is 11.6 Å². The minimum Gasteiger partial charge on any atom is -0.493 e. The smallest absolute Gasteiger partial charge is 0.232 e. The average molecular weight is 308 g/mol. The van der Waals surface area contributed by atoms with Gasteiger partial charge in [-0.25, -0.2) is 0 Å². The van der Waals surface area contributed by atoms with Crippen LogP contribution in [0.25, 0.3) is 0 Å². The Morgan fingerprint density at radius 1 is 1.27 bits per heavy atom. The lowest BCUT2D eigenvalue weighted by molar-refractivity contribution is -0.130. The van der Waals surface area contributed by atoms with Crippen LogP contribution in [0.5, 0.6) is 11.5 Å². The van der Waals surface area contributed by atoms with Crippen molar-refractivity contribution in [3.8, 4) is 11.5 Å². The molecule has 2 rings (SSSR count). The highest BCUT2D eigenvalue weighted by atomic mass is 16.5. The molecule has 0 unspecified atom stereocenters. The summed E-state index contributed by atoms with van der Waals surface area (Å²) in [6.45, 7) is 3.36. The van der Waals surface area contributed by atoms with E-state index in [0.717, 1.165) is 5.56 Å². The second-order valence-electron chi connectivity index (χ2n) is 5.57. The van der Waals surface area contributed by atoms with E-state index in [2.05, 4.69) is 5.32 Å². The lowest BCUT2D eigenvalue weighted by Crippen LogP contribution is -2.46. The molecule has 6 heteroatoms. The highest BCUT2D eigenvalue weighted by Crippen LogP contribution is 2.35. The number of anilines is 1. The van der Waals surface area contributed by atoms with Crippen molar-refractivity contribution in [2.45, 2.75) is 19.8 Å². The Bertz CT molecular complexity index is 539. The molecule has 1 aromatic carbocycles. The number of amides is 1. The third kappa shape index (κ3) is 3.18. The Hall–Kier alpha value is -1.79. The van der Waals surface area contributed by atoms with Gasteiger partial charge in [-0.1, -0.05) is 0 Å². The first-order chi connectivity index (χ1) is 10.6. The largest absolute Gasteiger partial charge is 0.493 e. The van der Waals surface area contributed by atoms with Crippen LogP contribution in [0.1, 0.15) is 18.4 Å². The summed E-state index contributed by atoms with van der Waals surface area (Å²) in [7, 11) is 3.15. The van der Waals surface area contributed by atoms with Gasteiger partial charge in [0.2, 0.25) is 5.91 Å². The molecular weight excluding hydrogens is 284 g/mol. The van der Waals surface area contributed by atoms with Gasteiger partial charge in [-0.15, -0.1) is 0 Å². The lowest BCUT2D eigenvalue weighted by atomic mass is 9.79. The Balaban J connectivity index is 2.24. The Morgan fingerprint density at radius 3 is 2.41 bits per heavy atom. The van der Waals surface area contributed by atoms with Gasteiger partial charge in [0.1, 0.15) is 0 Å². The van der Waals surface area contributed by atoms with Gasteiger partial charge in [-0.05, 0) is 31.4 Å². The summed E-state index contributed by atoms with van der Waals surface area (Å²) in [6.07, 6.45) is 1.28. The summed E-state index contributed by atoms with van der Waals surface area (Å²) in [4.78, 5) is 12.7. The number of nitrogens with one attached hydrogen (secondary N) is 1. The zero-order chi connectivity index (χ0) is 16.2. The quantitative estimate of drug-likeness (QED) is 0.865. The summed E-state index contributed by atoms with van der Waals surface area (Å²) in [5, 5.41) is 2.99. The van der Waals surface area contributed by atoms with Gasteiger partial charge in [0.15, 0.2) is 11.5 Å². The summed E-state index contributed by atoms with van der Waals surface area (Å²) in [5.74, 6) is 1.16. The topological polar surface area (TPSA) is 82.8 Å². The monoisotopic (exact) mass is 308 g/mol. The summed E-state index contributed by atoms with van der Waals surface area (Å²) < 4.78 is 15.9. The van der Waals surface area contributed by atoms with Gasteiger partial charge in [0.25, 0.3) is 0 Å². The first-order valence-corrected chi connectivity index (χ1v) is 7.38. The fourth-order valence-electron chi connectivity index (χ4n) is 2.66. The first-order valence-electron chi connectivity index (χ1n) is 7.38. The molecule has 0 radical (unpaired) electrons. The lowest BCUT2D eigenvalue weighted by Gasteiger charge is -2.34. The van der Waals surface area contributed by atoms with Crippen LogP contribution in [-0.2, 0) is 9.53 Å². The molecule has 1 amide bonds. The summed E-state index contributed by atoms with van der Waals surface area (Å²) >= 11 is 0.